The van der Waals surface area contributed by atoms with E-state index in [-0.39, 0.29) is 36.3 Å². The summed E-state index contributed by atoms with van der Waals surface area (Å²) in [6.07, 6.45) is 3.48. The highest BCUT2D eigenvalue weighted by molar-refractivity contribution is 5.99. The van der Waals surface area contributed by atoms with Crippen LogP contribution in [0.15, 0.2) is 42.5 Å². The summed E-state index contributed by atoms with van der Waals surface area (Å²) < 4.78 is 5.18. The van der Waals surface area contributed by atoms with Crippen LogP contribution in [-0.2, 0) is 9.59 Å². The van der Waals surface area contributed by atoms with Crippen LogP contribution in [0.1, 0.15) is 43.2 Å². The summed E-state index contributed by atoms with van der Waals surface area (Å²) >= 11 is 0. The number of hydrogen-bond donors (Lipinski definition) is 3. The molecule has 180 valence electrons. The first-order chi connectivity index (χ1) is 16.3. The van der Waals surface area contributed by atoms with Crippen LogP contribution >= 0.6 is 0 Å². The Morgan fingerprint density at radius 3 is 2.35 bits per heavy atom. The minimum Gasteiger partial charge on any atom is -0.497 e. The van der Waals surface area contributed by atoms with Crippen molar-refractivity contribution in [2.45, 2.75) is 64.1 Å². The predicted octanol–water partition coefficient (Wildman–Crippen LogP) is 3.98. The van der Waals surface area contributed by atoms with Crippen LogP contribution in [0.5, 0.6) is 5.75 Å². The topological polar surface area (TPSA) is 99.8 Å². The quantitative estimate of drug-likeness (QED) is 0.623. The fourth-order valence-corrected chi connectivity index (χ4v) is 5.03. The largest absolute Gasteiger partial charge is 0.497 e. The molecule has 8 nitrogen and oxygen atoms in total. The van der Waals surface area contributed by atoms with E-state index >= 15 is 0 Å². The van der Waals surface area contributed by atoms with Crippen LogP contribution in [0, 0.1) is 13.8 Å². The Balaban J connectivity index is 1.54. The molecule has 2 aliphatic rings. The van der Waals surface area contributed by atoms with Crippen molar-refractivity contribution in [1.29, 1.82) is 0 Å². The van der Waals surface area contributed by atoms with Crippen LogP contribution < -0.4 is 20.7 Å². The number of methoxy groups -OCH3 is 1. The Labute approximate surface area is 200 Å². The lowest BCUT2D eigenvalue weighted by molar-refractivity contribution is -0.135. The van der Waals surface area contributed by atoms with Gasteiger partial charge in [0.2, 0.25) is 11.8 Å². The minimum absolute atomic E-state index is 0.0957. The number of carbonyl (C=O) groups excluding carboxylic acids is 3. The zero-order chi connectivity index (χ0) is 24.2. The molecule has 1 saturated carbocycles. The molecule has 3 N–H and O–H groups in total. The van der Waals surface area contributed by atoms with Gasteiger partial charge in [-0.3, -0.25) is 9.59 Å². The fraction of sp³-hybridized carbons (Fsp3) is 0.423. The van der Waals surface area contributed by atoms with Gasteiger partial charge in [0.1, 0.15) is 11.8 Å². The van der Waals surface area contributed by atoms with E-state index in [1.165, 1.54) is 0 Å². The lowest BCUT2D eigenvalue weighted by Crippen LogP contribution is -2.68. The molecule has 1 heterocycles. The molecule has 1 saturated heterocycles. The summed E-state index contributed by atoms with van der Waals surface area (Å²) in [5.74, 6) is 0.0916. The monoisotopic (exact) mass is 464 g/mol. The van der Waals surface area contributed by atoms with Crippen molar-refractivity contribution in [2.75, 3.05) is 17.7 Å². The second-order valence-electron chi connectivity index (χ2n) is 9.18. The third kappa shape index (κ3) is 5.32. The van der Waals surface area contributed by atoms with Crippen molar-refractivity contribution in [2.24, 2.45) is 0 Å². The van der Waals surface area contributed by atoms with Gasteiger partial charge in [0, 0.05) is 17.4 Å². The molecule has 0 aromatic heterocycles. The highest BCUT2D eigenvalue weighted by Crippen LogP contribution is 2.30. The maximum atomic E-state index is 13.4. The third-order valence-corrected chi connectivity index (χ3v) is 6.51. The van der Waals surface area contributed by atoms with Crippen molar-refractivity contribution in [3.63, 3.8) is 0 Å². The van der Waals surface area contributed by atoms with Crippen molar-refractivity contribution in [3.8, 4) is 5.75 Å². The standard InChI is InChI=1S/C26H32N4O4/c1-16-12-17(2)14-19(13-16)27-24(31)15-23-25(32)29-21-6-4-5-7-22(21)30(23)26(33)28-18-8-10-20(34-3)11-9-18/h8-14,21-23H,4-7,15H2,1-3H3,(H,27,31)(H,28,33)(H,29,32). The Hall–Kier alpha value is -3.55. The van der Waals surface area contributed by atoms with Crippen LogP contribution in [0.3, 0.4) is 0 Å². The van der Waals surface area contributed by atoms with Crippen LogP contribution in [-0.4, -0.2) is 48.0 Å². The fourth-order valence-electron chi connectivity index (χ4n) is 5.03. The number of aryl methyl sites for hydroxylation is 2. The number of benzene rings is 2. The van der Waals surface area contributed by atoms with Gasteiger partial charge in [0.15, 0.2) is 0 Å². The van der Waals surface area contributed by atoms with Gasteiger partial charge in [-0.25, -0.2) is 4.79 Å². The Kier molecular flexibility index (Phi) is 7.05. The van der Waals surface area contributed by atoms with Gasteiger partial charge in [-0.15, -0.1) is 0 Å². The average Bonchev–Trinajstić information content (AvgIpc) is 2.79. The third-order valence-electron chi connectivity index (χ3n) is 6.51. The summed E-state index contributed by atoms with van der Waals surface area (Å²) in [4.78, 5) is 41.0. The predicted molar refractivity (Wildman–Crippen MR) is 131 cm³/mol. The number of carbonyl (C=O) groups is 3. The number of ether oxygens (including phenoxy) is 1. The molecule has 3 atom stereocenters. The van der Waals surface area contributed by atoms with E-state index in [0.29, 0.717) is 17.1 Å². The lowest BCUT2D eigenvalue weighted by atomic mass is 9.85. The van der Waals surface area contributed by atoms with Crippen LogP contribution in [0.4, 0.5) is 16.2 Å². The normalized spacial score (nSPS) is 21.8. The maximum Gasteiger partial charge on any atom is 0.322 e. The van der Waals surface area contributed by atoms with Gasteiger partial charge in [-0.2, -0.15) is 0 Å². The zero-order valence-corrected chi connectivity index (χ0v) is 19.9. The van der Waals surface area contributed by atoms with Gasteiger partial charge < -0.3 is 25.6 Å². The number of piperazine rings is 1. The SMILES string of the molecule is COc1ccc(NC(=O)N2C(CC(=O)Nc3cc(C)cc(C)c3)C(=O)NC3CCCCC32)cc1. The van der Waals surface area contributed by atoms with Crippen LogP contribution in [0.2, 0.25) is 0 Å². The van der Waals surface area contributed by atoms with Gasteiger partial charge in [-0.05, 0) is 74.2 Å². The number of anilines is 2. The number of hydrogen-bond acceptors (Lipinski definition) is 4. The summed E-state index contributed by atoms with van der Waals surface area (Å²) in [5, 5.41) is 8.86. The van der Waals surface area contributed by atoms with E-state index in [4.69, 9.17) is 4.74 Å². The van der Waals surface area contributed by atoms with E-state index in [0.717, 1.165) is 36.8 Å². The van der Waals surface area contributed by atoms with Crippen molar-refractivity contribution < 1.29 is 19.1 Å². The summed E-state index contributed by atoms with van der Waals surface area (Å²) in [7, 11) is 1.58. The Bertz CT molecular complexity index is 1050. The number of nitrogens with zero attached hydrogens (tertiary/aromatic N) is 1. The number of urea groups is 1. The second-order valence-corrected chi connectivity index (χ2v) is 9.18. The molecule has 1 aliphatic heterocycles. The molecular formula is C26H32N4O4. The van der Waals surface area contributed by atoms with E-state index in [2.05, 4.69) is 16.0 Å². The molecule has 2 aromatic carbocycles. The molecule has 0 radical (unpaired) electrons. The molecule has 2 aromatic rings. The molecule has 3 unspecified atom stereocenters. The molecule has 4 rings (SSSR count). The number of amides is 4. The first-order valence-electron chi connectivity index (χ1n) is 11.8. The summed E-state index contributed by atoms with van der Waals surface area (Å²) in [5.41, 5.74) is 3.36. The van der Waals surface area contributed by atoms with E-state index in [1.54, 1.807) is 36.3 Å². The number of fused-ring (bicyclic) bond motifs is 1. The number of rotatable bonds is 5. The van der Waals surface area contributed by atoms with E-state index in [1.807, 2.05) is 32.0 Å². The molecule has 34 heavy (non-hydrogen) atoms. The molecular weight excluding hydrogens is 432 g/mol. The first-order valence-corrected chi connectivity index (χ1v) is 11.8. The summed E-state index contributed by atoms with van der Waals surface area (Å²) in [6, 6.07) is 11.3. The first kappa shape index (κ1) is 23.6. The highest BCUT2D eigenvalue weighted by atomic mass is 16.5. The van der Waals surface area contributed by atoms with E-state index in [9.17, 15) is 14.4 Å². The zero-order valence-electron chi connectivity index (χ0n) is 19.9. The van der Waals surface area contributed by atoms with E-state index < -0.39 is 6.04 Å². The van der Waals surface area contributed by atoms with Crippen LogP contribution in [0.25, 0.3) is 0 Å². The average molecular weight is 465 g/mol. The highest BCUT2D eigenvalue weighted by Gasteiger charge is 2.46. The summed E-state index contributed by atoms with van der Waals surface area (Å²) in [6.45, 7) is 3.93. The van der Waals surface area contributed by atoms with Gasteiger partial charge in [0.05, 0.1) is 19.6 Å². The second kappa shape index (κ2) is 10.2. The Morgan fingerprint density at radius 1 is 1.00 bits per heavy atom. The smallest absolute Gasteiger partial charge is 0.322 e. The van der Waals surface area contributed by atoms with Crippen molar-refractivity contribution in [3.05, 3.63) is 53.6 Å². The van der Waals surface area contributed by atoms with Crippen molar-refractivity contribution >= 4 is 29.2 Å². The molecule has 0 bridgehead atoms. The molecule has 2 fully saturated rings. The Morgan fingerprint density at radius 2 is 1.68 bits per heavy atom. The molecule has 1 aliphatic carbocycles. The molecule has 4 amide bonds. The number of nitrogens with one attached hydrogen (secondary N) is 3. The van der Waals surface area contributed by atoms with Gasteiger partial charge in [-0.1, -0.05) is 18.9 Å². The van der Waals surface area contributed by atoms with Crippen molar-refractivity contribution in [1.82, 2.24) is 10.2 Å². The maximum absolute atomic E-state index is 13.4. The van der Waals surface area contributed by atoms with Gasteiger partial charge >= 0.3 is 6.03 Å². The van der Waals surface area contributed by atoms with Gasteiger partial charge in [0.25, 0.3) is 0 Å². The minimum atomic E-state index is -0.886. The lowest BCUT2D eigenvalue weighted by Gasteiger charge is -2.47. The molecule has 0 spiro atoms. The molecule has 8 heteroatoms.